The van der Waals surface area contributed by atoms with Crippen molar-refractivity contribution in [2.75, 3.05) is 6.61 Å². The van der Waals surface area contributed by atoms with Crippen molar-refractivity contribution in [1.29, 1.82) is 0 Å². The number of ketones is 2. The molecule has 0 bridgehead atoms. The minimum absolute atomic E-state index is 0.102. The Morgan fingerprint density at radius 2 is 1.85 bits per heavy atom. The molecular formula is C15H11ClO4. The van der Waals surface area contributed by atoms with E-state index in [1.165, 1.54) is 0 Å². The van der Waals surface area contributed by atoms with Gasteiger partial charge in [0.25, 0.3) is 0 Å². The number of ether oxygens (including phenoxy) is 1. The summed E-state index contributed by atoms with van der Waals surface area (Å²) in [5, 5.41) is -0.102. The van der Waals surface area contributed by atoms with Gasteiger partial charge in [-0.2, -0.15) is 0 Å². The Hall–Kier alpha value is -1.78. The first kappa shape index (κ1) is 13.2. The summed E-state index contributed by atoms with van der Waals surface area (Å²) in [6, 6.07) is 6.54. The van der Waals surface area contributed by atoms with E-state index in [0.29, 0.717) is 17.4 Å². The van der Waals surface area contributed by atoms with E-state index in [-0.39, 0.29) is 28.8 Å². The van der Waals surface area contributed by atoms with E-state index in [1.54, 1.807) is 31.2 Å². The molecule has 0 saturated carbocycles. The smallest absolute Gasteiger partial charge is 0.205 e. The van der Waals surface area contributed by atoms with Crippen molar-refractivity contribution in [3.05, 3.63) is 46.0 Å². The Balaban J connectivity index is 2.13. The van der Waals surface area contributed by atoms with Crippen LogP contribution in [0.4, 0.5) is 0 Å². The average molecular weight is 291 g/mol. The lowest BCUT2D eigenvalue weighted by atomic mass is 9.74. The fraction of sp³-hybridized carbons (Fsp3) is 0.267. The van der Waals surface area contributed by atoms with Crippen molar-refractivity contribution in [3.8, 4) is 0 Å². The third kappa shape index (κ3) is 1.62. The van der Waals surface area contributed by atoms with Gasteiger partial charge in [-0.1, -0.05) is 35.9 Å². The number of hydrogen-bond donors (Lipinski definition) is 0. The van der Waals surface area contributed by atoms with Crippen molar-refractivity contribution in [2.24, 2.45) is 5.92 Å². The number of aldehydes is 1. The van der Waals surface area contributed by atoms with Gasteiger partial charge in [0.15, 0.2) is 12.1 Å². The van der Waals surface area contributed by atoms with E-state index in [4.69, 9.17) is 16.3 Å². The molecule has 0 N–H and O–H groups in total. The minimum Gasteiger partial charge on any atom is -0.366 e. The molecule has 0 amide bonds. The second kappa shape index (κ2) is 4.36. The van der Waals surface area contributed by atoms with E-state index < -0.39 is 11.5 Å². The molecule has 20 heavy (non-hydrogen) atoms. The summed E-state index contributed by atoms with van der Waals surface area (Å²) in [4.78, 5) is 35.9. The zero-order valence-corrected chi connectivity index (χ0v) is 11.4. The van der Waals surface area contributed by atoms with Crippen LogP contribution in [0.2, 0.25) is 0 Å². The van der Waals surface area contributed by atoms with Gasteiger partial charge >= 0.3 is 0 Å². The number of allylic oxidation sites excluding steroid dienone is 1. The quantitative estimate of drug-likeness (QED) is 0.783. The molecule has 4 nitrogen and oxygen atoms in total. The van der Waals surface area contributed by atoms with Crippen molar-refractivity contribution in [3.63, 3.8) is 0 Å². The number of Topliss-reactive ketones (excluding diaryl/α,β-unsaturated/α-hetero) is 2. The van der Waals surface area contributed by atoms with Gasteiger partial charge in [0.1, 0.15) is 5.60 Å². The Labute approximate surface area is 120 Å². The summed E-state index contributed by atoms with van der Waals surface area (Å²) in [6.45, 7) is 1.80. The van der Waals surface area contributed by atoms with E-state index in [2.05, 4.69) is 0 Å². The Morgan fingerprint density at radius 1 is 1.25 bits per heavy atom. The van der Waals surface area contributed by atoms with Crippen molar-refractivity contribution in [2.45, 2.75) is 12.5 Å². The van der Waals surface area contributed by atoms with Gasteiger partial charge < -0.3 is 9.53 Å². The number of fused-ring (bicyclic) bond motifs is 1. The average Bonchev–Trinajstić information content (AvgIpc) is 2.47. The first-order chi connectivity index (χ1) is 9.49. The zero-order chi connectivity index (χ0) is 14.5. The number of benzene rings is 1. The van der Waals surface area contributed by atoms with Gasteiger partial charge in [-0.25, -0.2) is 0 Å². The first-order valence-electron chi connectivity index (χ1n) is 6.18. The molecule has 2 unspecified atom stereocenters. The van der Waals surface area contributed by atoms with Crippen LogP contribution in [0.5, 0.6) is 0 Å². The highest BCUT2D eigenvalue weighted by atomic mass is 35.5. The topological polar surface area (TPSA) is 60.4 Å². The number of carbonyl (C=O) groups excluding carboxylic acids is 3. The molecule has 2 aliphatic rings. The van der Waals surface area contributed by atoms with Gasteiger partial charge in [0, 0.05) is 22.6 Å². The normalized spacial score (nSPS) is 29.0. The monoisotopic (exact) mass is 290 g/mol. The third-order valence-corrected chi connectivity index (χ3v) is 4.31. The molecule has 1 saturated heterocycles. The lowest BCUT2D eigenvalue weighted by Crippen LogP contribution is -2.55. The lowest BCUT2D eigenvalue weighted by Gasteiger charge is -2.44. The molecule has 2 atom stereocenters. The zero-order valence-electron chi connectivity index (χ0n) is 10.7. The van der Waals surface area contributed by atoms with Crippen LogP contribution in [0, 0.1) is 5.92 Å². The van der Waals surface area contributed by atoms with Crippen LogP contribution >= 0.6 is 11.6 Å². The van der Waals surface area contributed by atoms with E-state index in [1.807, 2.05) is 0 Å². The molecule has 0 spiro atoms. The molecule has 1 fully saturated rings. The standard InChI is InChI=1S/C15H11ClO4/c1-15(7-17)10(6-20-15)11-12(16)14(19)9-5-3-2-4-8(9)13(11)18/h2-5,7,10H,6H2,1H3. The number of halogens is 1. The predicted octanol–water partition coefficient (Wildman–Crippen LogP) is 2.16. The summed E-state index contributed by atoms with van der Waals surface area (Å²) >= 11 is 6.09. The maximum atomic E-state index is 12.5. The van der Waals surface area contributed by atoms with Gasteiger partial charge in [0.2, 0.25) is 5.78 Å². The van der Waals surface area contributed by atoms with E-state index in [9.17, 15) is 14.4 Å². The van der Waals surface area contributed by atoms with Crippen LogP contribution < -0.4 is 0 Å². The number of carbonyl (C=O) groups is 3. The van der Waals surface area contributed by atoms with Crippen molar-refractivity contribution >= 4 is 29.5 Å². The third-order valence-electron chi connectivity index (χ3n) is 3.93. The molecule has 5 heteroatoms. The highest BCUT2D eigenvalue weighted by molar-refractivity contribution is 6.50. The van der Waals surface area contributed by atoms with Crippen LogP contribution in [0.1, 0.15) is 27.6 Å². The molecule has 1 heterocycles. The lowest BCUT2D eigenvalue weighted by molar-refractivity contribution is -0.176. The van der Waals surface area contributed by atoms with Crippen molar-refractivity contribution < 1.29 is 19.1 Å². The molecule has 102 valence electrons. The maximum Gasteiger partial charge on any atom is 0.205 e. The molecule has 1 aliphatic carbocycles. The van der Waals surface area contributed by atoms with Gasteiger partial charge in [-0.05, 0) is 6.92 Å². The van der Waals surface area contributed by atoms with Crippen molar-refractivity contribution in [1.82, 2.24) is 0 Å². The molecular weight excluding hydrogens is 280 g/mol. The number of hydrogen-bond acceptors (Lipinski definition) is 4. The van der Waals surface area contributed by atoms with Gasteiger partial charge in [0.05, 0.1) is 11.6 Å². The summed E-state index contributed by atoms with van der Waals surface area (Å²) < 4.78 is 5.23. The van der Waals surface area contributed by atoms with Crippen LogP contribution in [0.3, 0.4) is 0 Å². The van der Waals surface area contributed by atoms with Crippen LogP contribution in [-0.4, -0.2) is 30.1 Å². The minimum atomic E-state index is -1.09. The van der Waals surface area contributed by atoms with Crippen LogP contribution in [0.25, 0.3) is 0 Å². The van der Waals surface area contributed by atoms with Crippen LogP contribution in [0.15, 0.2) is 34.9 Å². The second-order valence-corrected chi connectivity index (χ2v) is 5.47. The summed E-state index contributed by atoms with van der Waals surface area (Å²) in [7, 11) is 0. The van der Waals surface area contributed by atoms with Gasteiger partial charge in [-0.3, -0.25) is 9.59 Å². The predicted molar refractivity (Wildman–Crippen MR) is 71.9 cm³/mol. The molecule has 3 rings (SSSR count). The van der Waals surface area contributed by atoms with Gasteiger partial charge in [-0.15, -0.1) is 0 Å². The Kier molecular flexibility index (Phi) is 2.88. The summed E-state index contributed by atoms with van der Waals surface area (Å²) in [5.74, 6) is -1.15. The first-order valence-corrected chi connectivity index (χ1v) is 6.56. The Bertz CT molecular complexity index is 676. The molecule has 0 aromatic heterocycles. The summed E-state index contributed by atoms with van der Waals surface area (Å²) in [5.41, 5.74) is -0.259. The van der Waals surface area contributed by atoms with E-state index >= 15 is 0 Å². The Morgan fingerprint density at radius 3 is 2.35 bits per heavy atom. The molecule has 1 aromatic rings. The largest absolute Gasteiger partial charge is 0.366 e. The SMILES string of the molecule is CC1(C=O)OCC1C1=C(Cl)C(=O)c2ccccc2C1=O. The number of rotatable bonds is 2. The maximum absolute atomic E-state index is 12.5. The van der Waals surface area contributed by atoms with E-state index in [0.717, 1.165) is 0 Å². The highest BCUT2D eigenvalue weighted by Crippen LogP contribution is 2.42. The summed E-state index contributed by atoms with van der Waals surface area (Å²) in [6.07, 6.45) is 0.649. The van der Waals surface area contributed by atoms with Crippen LogP contribution in [-0.2, 0) is 9.53 Å². The molecule has 1 aromatic carbocycles. The second-order valence-electron chi connectivity index (χ2n) is 5.10. The molecule has 0 radical (unpaired) electrons. The molecule has 1 aliphatic heterocycles. The highest BCUT2D eigenvalue weighted by Gasteiger charge is 2.51. The fourth-order valence-corrected chi connectivity index (χ4v) is 2.91. The fourth-order valence-electron chi connectivity index (χ4n) is 2.59.